The molecule has 0 fully saturated rings. The number of nitrogens with zero attached hydrogens (tertiary/aromatic N) is 2. The zero-order valence-electron chi connectivity index (χ0n) is 7.39. The van der Waals surface area contributed by atoms with Gasteiger partial charge in [-0.05, 0) is 22.9 Å². The Morgan fingerprint density at radius 2 is 2.33 bits per heavy atom. The lowest BCUT2D eigenvalue weighted by atomic mass is 10.4. The molecule has 0 aliphatic carbocycles. The van der Waals surface area contributed by atoms with Gasteiger partial charge in [-0.15, -0.1) is 0 Å². The summed E-state index contributed by atoms with van der Waals surface area (Å²) in [6, 6.07) is 0. The highest BCUT2D eigenvalue weighted by Crippen LogP contribution is 2.19. The van der Waals surface area contributed by atoms with Gasteiger partial charge in [0.15, 0.2) is 0 Å². The van der Waals surface area contributed by atoms with Crippen LogP contribution in [0.1, 0.15) is 11.4 Å². The van der Waals surface area contributed by atoms with Crippen LogP contribution in [0.3, 0.4) is 0 Å². The van der Waals surface area contributed by atoms with Crippen molar-refractivity contribution in [3.63, 3.8) is 0 Å². The van der Waals surface area contributed by atoms with E-state index in [-0.39, 0.29) is 0 Å². The quantitative estimate of drug-likeness (QED) is 0.797. The zero-order chi connectivity index (χ0) is 9.14. The van der Waals surface area contributed by atoms with Gasteiger partial charge in [0.2, 0.25) is 0 Å². The molecule has 0 spiro atoms. The van der Waals surface area contributed by atoms with Crippen LogP contribution in [0.2, 0.25) is 0 Å². The summed E-state index contributed by atoms with van der Waals surface area (Å²) in [5, 5.41) is 4.24. The van der Waals surface area contributed by atoms with E-state index in [2.05, 4.69) is 26.5 Å². The van der Waals surface area contributed by atoms with E-state index < -0.39 is 0 Å². The van der Waals surface area contributed by atoms with Gasteiger partial charge in [0.1, 0.15) is 0 Å². The Hall–Kier alpha value is -0.390. The second kappa shape index (κ2) is 4.02. The van der Waals surface area contributed by atoms with E-state index in [1.807, 2.05) is 18.7 Å². The number of aryl methyl sites for hydroxylation is 2. The van der Waals surface area contributed by atoms with E-state index in [0.29, 0.717) is 6.54 Å². The van der Waals surface area contributed by atoms with E-state index in [1.165, 1.54) is 0 Å². The number of hydrogen-bond donors (Lipinski definition) is 1. The molecule has 0 aliphatic heterocycles. The standard InChI is InChI=1S/C7H12BrN3O/c1-5-7(8)6(4-9-12-3)11(2)10-5/h9H,4H2,1-3H3. The molecule has 0 amide bonds. The van der Waals surface area contributed by atoms with Crippen LogP contribution >= 0.6 is 15.9 Å². The van der Waals surface area contributed by atoms with Gasteiger partial charge in [0, 0.05) is 7.05 Å². The minimum atomic E-state index is 0.647. The van der Waals surface area contributed by atoms with E-state index in [1.54, 1.807) is 7.11 Å². The van der Waals surface area contributed by atoms with Gasteiger partial charge < -0.3 is 4.84 Å². The Morgan fingerprint density at radius 3 is 2.75 bits per heavy atom. The van der Waals surface area contributed by atoms with Crippen LogP contribution in [0.5, 0.6) is 0 Å². The topological polar surface area (TPSA) is 39.1 Å². The van der Waals surface area contributed by atoms with Gasteiger partial charge in [-0.1, -0.05) is 0 Å². The smallest absolute Gasteiger partial charge is 0.0739 e. The summed E-state index contributed by atoms with van der Waals surface area (Å²) in [5.41, 5.74) is 4.84. The summed E-state index contributed by atoms with van der Waals surface area (Å²) in [5.74, 6) is 0. The number of halogens is 1. The van der Waals surface area contributed by atoms with Crippen LogP contribution in [-0.2, 0) is 18.4 Å². The molecule has 0 unspecified atom stereocenters. The molecule has 12 heavy (non-hydrogen) atoms. The van der Waals surface area contributed by atoms with E-state index in [0.717, 1.165) is 15.9 Å². The van der Waals surface area contributed by atoms with Crippen molar-refractivity contribution in [1.82, 2.24) is 15.3 Å². The predicted octanol–water partition coefficient (Wildman–Crippen LogP) is 1.14. The molecule has 5 heteroatoms. The van der Waals surface area contributed by atoms with Gasteiger partial charge in [-0.2, -0.15) is 10.6 Å². The molecule has 0 atom stereocenters. The van der Waals surface area contributed by atoms with Crippen LogP contribution in [0.25, 0.3) is 0 Å². The maximum Gasteiger partial charge on any atom is 0.0739 e. The molecule has 0 saturated heterocycles. The van der Waals surface area contributed by atoms with Crippen molar-refractivity contribution >= 4 is 15.9 Å². The van der Waals surface area contributed by atoms with Crippen molar-refractivity contribution in [2.45, 2.75) is 13.5 Å². The monoisotopic (exact) mass is 233 g/mol. The molecule has 0 bridgehead atoms. The lowest BCUT2D eigenvalue weighted by molar-refractivity contribution is 0.0848. The van der Waals surface area contributed by atoms with Gasteiger partial charge in [-0.3, -0.25) is 4.68 Å². The number of hydroxylamine groups is 1. The molecule has 1 aromatic heterocycles. The van der Waals surface area contributed by atoms with E-state index in [4.69, 9.17) is 4.84 Å². The summed E-state index contributed by atoms with van der Waals surface area (Å²) in [4.78, 5) is 4.75. The highest BCUT2D eigenvalue weighted by molar-refractivity contribution is 9.10. The zero-order valence-corrected chi connectivity index (χ0v) is 8.97. The summed E-state index contributed by atoms with van der Waals surface area (Å²) in [7, 11) is 3.50. The average Bonchev–Trinajstić information content (AvgIpc) is 2.25. The van der Waals surface area contributed by atoms with Crippen LogP contribution in [0.4, 0.5) is 0 Å². The highest BCUT2D eigenvalue weighted by Gasteiger charge is 2.09. The highest BCUT2D eigenvalue weighted by atomic mass is 79.9. The maximum atomic E-state index is 4.75. The van der Waals surface area contributed by atoms with Crippen LogP contribution < -0.4 is 5.48 Å². The first-order valence-electron chi connectivity index (χ1n) is 3.60. The van der Waals surface area contributed by atoms with Crippen molar-refractivity contribution in [2.75, 3.05) is 7.11 Å². The molecule has 0 saturated carbocycles. The Balaban J connectivity index is 2.82. The molecule has 1 aromatic rings. The lowest BCUT2D eigenvalue weighted by Crippen LogP contribution is -2.14. The van der Waals surface area contributed by atoms with Crippen molar-refractivity contribution < 1.29 is 4.84 Å². The first-order valence-corrected chi connectivity index (χ1v) is 4.40. The largest absolute Gasteiger partial charge is 0.305 e. The van der Waals surface area contributed by atoms with Gasteiger partial charge in [0.25, 0.3) is 0 Å². The number of rotatable bonds is 3. The molecule has 0 aliphatic rings. The first-order chi connectivity index (χ1) is 5.66. The van der Waals surface area contributed by atoms with Crippen molar-refractivity contribution in [1.29, 1.82) is 0 Å². The second-order valence-electron chi connectivity index (χ2n) is 2.49. The fourth-order valence-corrected chi connectivity index (χ4v) is 1.49. The molecule has 0 aromatic carbocycles. The SMILES string of the molecule is CONCc1c(Br)c(C)nn1C. The number of hydrogen-bond acceptors (Lipinski definition) is 3. The number of aromatic nitrogens is 2. The van der Waals surface area contributed by atoms with E-state index in [9.17, 15) is 0 Å². The molecular weight excluding hydrogens is 222 g/mol. The summed E-state index contributed by atoms with van der Waals surface area (Å²) in [6.07, 6.45) is 0. The van der Waals surface area contributed by atoms with Crippen LogP contribution in [0, 0.1) is 6.92 Å². The van der Waals surface area contributed by atoms with Crippen LogP contribution in [-0.4, -0.2) is 16.9 Å². The fourth-order valence-electron chi connectivity index (χ4n) is 1.01. The third kappa shape index (κ3) is 1.85. The minimum absolute atomic E-state index is 0.647. The Kier molecular flexibility index (Phi) is 3.25. The van der Waals surface area contributed by atoms with Gasteiger partial charge in [0.05, 0.1) is 29.5 Å². The Morgan fingerprint density at radius 1 is 1.67 bits per heavy atom. The predicted molar refractivity (Wildman–Crippen MR) is 49.5 cm³/mol. The fraction of sp³-hybridized carbons (Fsp3) is 0.571. The van der Waals surface area contributed by atoms with Crippen LogP contribution in [0.15, 0.2) is 4.47 Å². The normalized spacial score (nSPS) is 10.7. The van der Waals surface area contributed by atoms with Crippen molar-refractivity contribution in [3.8, 4) is 0 Å². The molecule has 1 rings (SSSR count). The molecule has 1 N–H and O–H groups in total. The molecule has 0 radical (unpaired) electrons. The van der Waals surface area contributed by atoms with Crippen molar-refractivity contribution in [2.24, 2.45) is 7.05 Å². The third-order valence-electron chi connectivity index (χ3n) is 1.65. The Labute approximate surface area is 80.0 Å². The average molecular weight is 234 g/mol. The Bertz CT molecular complexity index is 272. The van der Waals surface area contributed by atoms with Gasteiger partial charge >= 0.3 is 0 Å². The summed E-state index contributed by atoms with van der Waals surface area (Å²) in [6.45, 7) is 2.61. The second-order valence-corrected chi connectivity index (χ2v) is 3.29. The number of nitrogens with one attached hydrogen (secondary N) is 1. The van der Waals surface area contributed by atoms with E-state index >= 15 is 0 Å². The lowest BCUT2D eigenvalue weighted by Gasteiger charge is -2.02. The molecular formula is C7H12BrN3O. The summed E-state index contributed by atoms with van der Waals surface area (Å²) >= 11 is 3.45. The third-order valence-corrected chi connectivity index (χ3v) is 2.68. The summed E-state index contributed by atoms with van der Waals surface area (Å²) < 4.78 is 2.86. The molecule has 4 nitrogen and oxygen atoms in total. The maximum absolute atomic E-state index is 4.75. The van der Waals surface area contributed by atoms with Crippen molar-refractivity contribution in [3.05, 3.63) is 15.9 Å². The van der Waals surface area contributed by atoms with Gasteiger partial charge in [-0.25, -0.2) is 0 Å². The molecule has 1 heterocycles. The minimum Gasteiger partial charge on any atom is -0.305 e. The molecule has 68 valence electrons. The first kappa shape index (κ1) is 9.70.